The van der Waals surface area contributed by atoms with E-state index in [1.165, 1.54) is 5.56 Å². The summed E-state index contributed by atoms with van der Waals surface area (Å²) in [6.07, 6.45) is 1.92. The molecule has 1 fully saturated rings. The van der Waals surface area contributed by atoms with Gasteiger partial charge in [0.25, 0.3) is 5.88 Å². The fourth-order valence-corrected chi connectivity index (χ4v) is 3.49. The maximum absolute atomic E-state index is 6.02. The molecule has 0 bridgehead atoms. The van der Waals surface area contributed by atoms with Crippen molar-refractivity contribution in [1.29, 1.82) is 0 Å². The first-order chi connectivity index (χ1) is 13.1. The molecule has 2 heterocycles. The Kier molecular flexibility index (Phi) is 6.53. The van der Waals surface area contributed by atoms with Crippen LogP contribution in [0.4, 0.5) is 0 Å². The molecule has 3 rings (SSSR count). The lowest BCUT2D eigenvalue weighted by Crippen LogP contribution is -2.45. The van der Waals surface area contributed by atoms with Crippen LogP contribution in [0.1, 0.15) is 31.0 Å². The normalized spacial score (nSPS) is 17.7. The van der Waals surface area contributed by atoms with Crippen molar-refractivity contribution in [2.75, 3.05) is 33.9 Å². The molecule has 1 aliphatic heterocycles. The SMILES string of the molecule is COc1nccc(CN2CCNC(c3ccccc3OC(C)C)C2)c1OC. The van der Waals surface area contributed by atoms with Crippen molar-refractivity contribution in [2.45, 2.75) is 32.5 Å². The summed E-state index contributed by atoms with van der Waals surface area (Å²) in [7, 11) is 3.27. The van der Waals surface area contributed by atoms with Crippen LogP contribution in [0, 0.1) is 0 Å². The van der Waals surface area contributed by atoms with Gasteiger partial charge in [-0.2, -0.15) is 0 Å². The third-order valence-corrected chi connectivity index (χ3v) is 4.66. The number of piperazine rings is 1. The van der Waals surface area contributed by atoms with E-state index in [1.54, 1.807) is 20.4 Å². The molecule has 1 aromatic heterocycles. The molecular weight excluding hydrogens is 342 g/mol. The summed E-state index contributed by atoms with van der Waals surface area (Å²) in [6, 6.07) is 10.5. The van der Waals surface area contributed by atoms with Gasteiger partial charge in [-0.3, -0.25) is 4.90 Å². The Morgan fingerprint density at radius 2 is 2.00 bits per heavy atom. The lowest BCUT2D eigenvalue weighted by molar-refractivity contribution is 0.184. The Morgan fingerprint density at radius 3 is 2.74 bits per heavy atom. The molecule has 0 radical (unpaired) electrons. The number of benzene rings is 1. The highest BCUT2D eigenvalue weighted by molar-refractivity contribution is 5.41. The highest BCUT2D eigenvalue weighted by Crippen LogP contribution is 2.31. The number of ether oxygens (including phenoxy) is 3. The minimum atomic E-state index is 0.152. The predicted molar refractivity (Wildman–Crippen MR) is 106 cm³/mol. The quantitative estimate of drug-likeness (QED) is 0.807. The van der Waals surface area contributed by atoms with Crippen molar-refractivity contribution in [3.63, 3.8) is 0 Å². The van der Waals surface area contributed by atoms with Crippen LogP contribution in [0.15, 0.2) is 36.5 Å². The minimum absolute atomic E-state index is 0.152. The topological polar surface area (TPSA) is 55.9 Å². The monoisotopic (exact) mass is 371 g/mol. The molecule has 27 heavy (non-hydrogen) atoms. The summed E-state index contributed by atoms with van der Waals surface area (Å²) in [5.41, 5.74) is 2.28. The second-order valence-electron chi connectivity index (χ2n) is 6.96. The van der Waals surface area contributed by atoms with Crippen LogP contribution in [-0.2, 0) is 6.54 Å². The number of nitrogens with one attached hydrogen (secondary N) is 1. The highest BCUT2D eigenvalue weighted by atomic mass is 16.5. The highest BCUT2D eigenvalue weighted by Gasteiger charge is 2.25. The number of para-hydroxylation sites is 1. The van der Waals surface area contributed by atoms with Crippen molar-refractivity contribution in [3.05, 3.63) is 47.7 Å². The fourth-order valence-electron chi connectivity index (χ4n) is 3.49. The van der Waals surface area contributed by atoms with Gasteiger partial charge in [-0.25, -0.2) is 4.98 Å². The van der Waals surface area contributed by atoms with Crippen molar-refractivity contribution < 1.29 is 14.2 Å². The van der Waals surface area contributed by atoms with Crippen molar-refractivity contribution in [2.24, 2.45) is 0 Å². The van der Waals surface area contributed by atoms with Crippen LogP contribution in [-0.4, -0.2) is 49.8 Å². The van der Waals surface area contributed by atoms with Gasteiger partial charge in [0.1, 0.15) is 5.75 Å². The van der Waals surface area contributed by atoms with E-state index in [0.717, 1.165) is 37.5 Å². The maximum Gasteiger partial charge on any atom is 0.257 e. The van der Waals surface area contributed by atoms with Crippen molar-refractivity contribution in [3.8, 4) is 17.4 Å². The van der Waals surface area contributed by atoms with E-state index in [2.05, 4.69) is 41.2 Å². The summed E-state index contributed by atoms with van der Waals surface area (Å²) >= 11 is 0. The third kappa shape index (κ3) is 4.70. The number of hydrogen-bond acceptors (Lipinski definition) is 6. The lowest BCUT2D eigenvalue weighted by atomic mass is 10.0. The van der Waals surface area contributed by atoms with Gasteiger partial charge >= 0.3 is 0 Å². The first-order valence-electron chi connectivity index (χ1n) is 9.39. The summed E-state index contributed by atoms with van der Waals surface area (Å²) in [5, 5.41) is 3.63. The van der Waals surface area contributed by atoms with Crippen LogP contribution in [0.5, 0.6) is 17.4 Å². The molecule has 1 aromatic carbocycles. The van der Waals surface area contributed by atoms with Crippen LogP contribution >= 0.6 is 0 Å². The van der Waals surface area contributed by atoms with Crippen LogP contribution < -0.4 is 19.5 Å². The summed E-state index contributed by atoms with van der Waals surface area (Å²) in [5.74, 6) is 2.19. The molecule has 1 aliphatic rings. The molecular formula is C21H29N3O3. The molecule has 6 nitrogen and oxygen atoms in total. The molecule has 2 aromatic rings. The molecule has 0 spiro atoms. The molecule has 0 saturated carbocycles. The molecule has 0 aliphatic carbocycles. The van der Waals surface area contributed by atoms with Crippen LogP contribution in [0.25, 0.3) is 0 Å². The third-order valence-electron chi connectivity index (χ3n) is 4.66. The maximum atomic E-state index is 6.02. The van der Waals surface area contributed by atoms with E-state index >= 15 is 0 Å². The van der Waals surface area contributed by atoms with E-state index in [9.17, 15) is 0 Å². The molecule has 6 heteroatoms. The average molecular weight is 371 g/mol. The van der Waals surface area contributed by atoms with Gasteiger partial charge in [0.2, 0.25) is 0 Å². The Hall–Kier alpha value is -2.31. The van der Waals surface area contributed by atoms with Gasteiger partial charge in [-0.05, 0) is 26.0 Å². The van der Waals surface area contributed by atoms with Crippen LogP contribution in [0.3, 0.4) is 0 Å². The second-order valence-corrected chi connectivity index (χ2v) is 6.96. The van der Waals surface area contributed by atoms with Gasteiger partial charge in [0.15, 0.2) is 5.75 Å². The first kappa shape index (κ1) is 19.5. The lowest BCUT2D eigenvalue weighted by Gasteiger charge is -2.35. The zero-order chi connectivity index (χ0) is 19.2. The average Bonchev–Trinajstić information content (AvgIpc) is 2.68. The van der Waals surface area contributed by atoms with Crippen molar-refractivity contribution >= 4 is 0 Å². The number of pyridine rings is 1. The second kappa shape index (κ2) is 9.06. The van der Waals surface area contributed by atoms with Gasteiger partial charge in [0.05, 0.1) is 20.3 Å². The standard InChI is InChI=1S/C21H29N3O3/c1-15(2)27-19-8-6-5-7-17(19)18-14-24(12-11-22-18)13-16-9-10-23-21(26-4)20(16)25-3/h5-10,15,18,22H,11-14H2,1-4H3. The van der Waals surface area contributed by atoms with E-state index in [1.807, 2.05) is 18.2 Å². The van der Waals surface area contributed by atoms with Gasteiger partial charge in [0, 0.05) is 49.5 Å². The Bertz CT molecular complexity index is 751. The first-order valence-corrected chi connectivity index (χ1v) is 9.39. The Morgan fingerprint density at radius 1 is 1.19 bits per heavy atom. The van der Waals surface area contributed by atoms with Gasteiger partial charge in [-0.1, -0.05) is 18.2 Å². The summed E-state index contributed by atoms with van der Waals surface area (Å²) in [6.45, 7) is 7.68. The van der Waals surface area contributed by atoms with E-state index in [-0.39, 0.29) is 12.1 Å². The molecule has 1 atom stereocenters. The van der Waals surface area contributed by atoms with Crippen LogP contribution in [0.2, 0.25) is 0 Å². The Labute approximate surface area is 161 Å². The predicted octanol–water partition coefficient (Wildman–Crippen LogP) is 3.03. The number of methoxy groups -OCH3 is 2. The smallest absolute Gasteiger partial charge is 0.257 e. The summed E-state index contributed by atoms with van der Waals surface area (Å²) in [4.78, 5) is 6.65. The summed E-state index contributed by atoms with van der Waals surface area (Å²) < 4.78 is 16.9. The molecule has 1 unspecified atom stereocenters. The Balaban J connectivity index is 1.76. The molecule has 146 valence electrons. The number of rotatable bonds is 7. The van der Waals surface area contributed by atoms with E-state index < -0.39 is 0 Å². The molecule has 1 N–H and O–H groups in total. The van der Waals surface area contributed by atoms with Gasteiger partial charge < -0.3 is 19.5 Å². The van der Waals surface area contributed by atoms with Crippen molar-refractivity contribution in [1.82, 2.24) is 15.2 Å². The van der Waals surface area contributed by atoms with E-state index in [0.29, 0.717) is 11.6 Å². The number of aromatic nitrogens is 1. The largest absolute Gasteiger partial charge is 0.491 e. The fraction of sp³-hybridized carbons (Fsp3) is 0.476. The van der Waals surface area contributed by atoms with E-state index in [4.69, 9.17) is 14.2 Å². The van der Waals surface area contributed by atoms with Gasteiger partial charge in [-0.15, -0.1) is 0 Å². The zero-order valence-corrected chi connectivity index (χ0v) is 16.6. The molecule has 1 saturated heterocycles. The molecule has 0 amide bonds. The number of nitrogens with zero attached hydrogens (tertiary/aromatic N) is 2. The zero-order valence-electron chi connectivity index (χ0n) is 16.6. The number of hydrogen-bond donors (Lipinski definition) is 1. The minimum Gasteiger partial charge on any atom is -0.491 e.